The molecule has 27 heavy (non-hydrogen) atoms. The van der Waals surface area contributed by atoms with Gasteiger partial charge in [-0.2, -0.15) is 0 Å². The van der Waals surface area contributed by atoms with Crippen molar-refractivity contribution >= 4 is 63.0 Å². The lowest BCUT2D eigenvalue weighted by Crippen LogP contribution is -2.30. The average molecular weight is 429 g/mol. The molecule has 0 saturated carbocycles. The number of ether oxygens (including phenoxy) is 1. The third-order valence-corrected chi connectivity index (χ3v) is 5.22. The first-order valence-corrected chi connectivity index (χ1v) is 9.51. The zero-order valence-corrected chi connectivity index (χ0v) is 17.4. The number of carbonyl (C=O) groups excluding carboxylic acids is 3. The molecule has 2 aromatic rings. The van der Waals surface area contributed by atoms with Crippen LogP contribution in [-0.2, 0) is 14.3 Å². The summed E-state index contributed by atoms with van der Waals surface area (Å²) in [5.41, 5.74) is 1.34. The van der Waals surface area contributed by atoms with Crippen LogP contribution >= 0.6 is 34.5 Å². The molecule has 6 nitrogen and oxygen atoms in total. The fourth-order valence-corrected chi connectivity index (χ4v) is 3.88. The normalized spacial score (nSPS) is 11.6. The highest BCUT2D eigenvalue weighted by Gasteiger charge is 2.25. The van der Waals surface area contributed by atoms with E-state index in [2.05, 4.69) is 10.6 Å². The smallest absolute Gasteiger partial charge is 0.342 e. The van der Waals surface area contributed by atoms with Gasteiger partial charge in [-0.05, 0) is 44.5 Å². The molecular formula is C18H18Cl2N2O4S. The van der Waals surface area contributed by atoms with Crippen LogP contribution in [0, 0.1) is 13.8 Å². The minimum atomic E-state index is -1.07. The summed E-state index contributed by atoms with van der Waals surface area (Å²) >= 11 is 13.1. The van der Waals surface area contributed by atoms with E-state index in [0.29, 0.717) is 26.3 Å². The number of carbonyl (C=O) groups is 3. The molecule has 1 heterocycles. The highest BCUT2D eigenvalue weighted by atomic mass is 35.5. The van der Waals surface area contributed by atoms with Gasteiger partial charge in [-0.15, -0.1) is 11.3 Å². The molecule has 1 atom stereocenters. The summed E-state index contributed by atoms with van der Waals surface area (Å²) in [6.07, 6.45) is -1.07. The number of aryl methyl sites for hydroxylation is 1. The number of halogens is 2. The molecule has 1 aromatic heterocycles. The van der Waals surface area contributed by atoms with E-state index in [1.165, 1.54) is 43.4 Å². The number of thiophene rings is 1. The fraction of sp³-hybridized carbons (Fsp3) is 0.278. The molecular weight excluding hydrogens is 411 g/mol. The van der Waals surface area contributed by atoms with Crippen molar-refractivity contribution in [2.75, 3.05) is 10.6 Å². The van der Waals surface area contributed by atoms with E-state index < -0.39 is 18.0 Å². The predicted octanol–water partition coefficient (Wildman–Crippen LogP) is 4.81. The average Bonchev–Trinajstić information content (AvgIpc) is 2.79. The first-order valence-electron chi connectivity index (χ1n) is 7.94. The number of amides is 2. The Morgan fingerprint density at radius 1 is 1.07 bits per heavy atom. The molecule has 2 rings (SSSR count). The number of rotatable bonds is 5. The van der Waals surface area contributed by atoms with Gasteiger partial charge in [-0.3, -0.25) is 9.59 Å². The minimum Gasteiger partial charge on any atom is -0.449 e. The fourth-order valence-electron chi connectivity index (χ4n) is 2.26. The van der Waals surface area contributed by atoms with Crippen LogP contribution in [0.1, 0.15) is 34.6 Å². The van der Waals surface area contributed by atoms with Crippen molar-refractivity contribution in [2.24, 2.45) is 0 Å². The van der Waals surface area contributed by atoms with E-state index in [4.69, 9.17) is 27.9 Å². The SMILES string of the molecule is CC(=O)Nc1sc(C)c(C)c1C(=O)O[C@H](C)C(=O)Nc1cc(Cl)cc(Cl)c1. The summed E-state index contributed by atoms with van der Waals surface area (Å²) in [5.74, 6) is -1.52. The van der Waals surface area contributed by atoms with Gasteiger partial charge in [0.2, 0.25) is 5.91 Å². The molecule has 0 unspecified atom stereocenters. The summed E-state index contributed by atoms with van der Waals surface area (Å²) in [7, 11) is 0. The molecule has 0 saturated heterocycles. The van der Waals surface area contributed by atoms with Gasteiger partial charge in [0.05, 0.1) is 5.56 Å². The van der Waals surface area contributed by atoms with Crippen molar-refractivity contribution in [1.82, 2.24) is 0 Å². The van der Waals surface area contributed by atoms with Crippen LogP contribution in [-0.4, -0.2) is 23.9 Å². The van der Waals surface area contributed by atoms with Crippen LogP contribution in [0.15, 0.2) is 18.2 Å². The topological polar surface area (TPSA) is 84.5 Å². The molecule has 0 spiro atoms. The quantitative estimate of drug-likeness (QED) is 0.668. The molecule has 0 fully saturated rings. The summed E-state index contributed by atoms with van der Waals surface area (Å²) in [4.78, 5) is 37.1. The van der Waals surface area contributed by atoms with Crippen LogP contribution in [0.2, 0.25) is 10.0 Å². The second kappa shape index (κ2) is 8.73. The van der Waals surface area contributed by atoms with Crippen molar-refractivity contribution in [3.05, 3.63) is 44.2 Å². The van der Waals surface area contributed by atoms with Gasteiger partial charge < -0.3 is 15.4 Å². The van der Waals surface area contributed by atoms with Crippen molar-refractivity contribution in [3.8, 4) is 0 Å². The molecule has 0 bridgehead atoms. The summed E-state index contributed by atoms with van der Waals surface area (Å²) in [6.45, 7) is 6.39. The lowest BCUT2D eigenvalue weighted by molar-refractivity contribution is -0.123. The second-order valence-electron chi connectivity index (χ2n) is 5.86. The molecule has 0 aliphatic heterocycles. The number of hydrogen-bond donors (Lipinski definition) is 2. The zero-order valence-electron chi connectivity index (χ0n) is 15.1. The Labute approximate surface area is 170 Å². The maximum atomic E-state index is 12.6. The maximum Gasteiger partial charge on any atom is 0.342 e. The van der Waals surface area contributed by atoms with Crippen LogP contribution in [0.3, 0.4) is 0 Å². The summed E-state index contributed by atoms with van der Waals surface area (Å²) in [6, 6.07) is 4.59. The second-order valence-corrected chi connectivity index (χ2v) is 7.96. The van der Waals surface area contributed by atoms with Crippen molar-refractivity contribution < 1.29 is 19.1 Å². The highest BCUT2D eigenvalue weighted by Crippen LogP contribution is 2.33. The van der Waals surface area contributed by atoms with Crippen molar-refractivity contribution in [2.45, 2.75) is 33.8 Å². The first-order chi connectivity index (χ1) is 12.6. The summed E-state index contributed by atoms with van der Waals surface area (Å²) in [5, 5.41) is 6.35. The van der Waals surface area contributed by atoms with E-state index >= 15 is 0 Å². The van der Waals surface area contributed by atoms with Crippen molar-refractivity contribution in [3.63, 3.8) is 0 Å². The molecule has 2 amide bonds. The molecule has 2 N–H and O–H groups in total. The number of nitrogens with one attached hydrogen (secondary N) is 2. The highest BCUT2D eigenvalue weighted by molar-refractivity contribution is 7.16. The van der Waals surface area contributed by atoms with Crippen molar-refractivity contribution in [1.29, 1.82) is 0 Å². The van der Waals surface area contributed by atoms with E-state index in [0.717, 1.165) is 4.88 Å². The van der Waals surface area contributed by atoms with E-state index in [-0.39, 0.29) is 11.5 Å². The molecule has 9 heteroatoms. The minimum absolute atomic E-state index is 0.248. The Morgan fingerprint density at radius 3 is 2.22 bits per heavy atom. The van der Waals surface area contributed by atoms with Gasteiger partial charge >= 0.3 is 5.97 Å². The van der Waals surface area contributed by atoms with Gasteiger partial charge in [0.25, 0.3) is 5.91 Å². The van der Waals surface area contributed by atoms with Crippen LogP contribution < -0.4 is 10.6 Å². The lowest BCUT2D eigenvalue weighted by Gasteiger charge is -2.14. The molecule has 0 aliphatic carbocycles. The number of anilines is 2. The first kappa shape index (κ1) is 21.2. The Bertz CT molecular complexity index is 891. The third kappa shape index (κ3) is 5.45. The van der Waals surface area contributed by atoms with Gasteiger partial charge in [-0.25, -0.2) is 4.79 Å². The third-order valence-electron chi connectivity index (χ3n) is 3.66. The monoisotopic (exact) mass is 428 g/mol. The Balaban J connectivity index is 2.13. The van der Waals surface area contributed by atoms with Crippen LogP contribution in [0.4, 0.5) is 10.7 Å². The maximum absolute atomic E-state index is 12.6. The van der Waals surface area contributed by atoms with Crippen LogP contribution in [0.5, 0.6) is 0 Å². The van der Waals surface area contributed by atoms with Gasteiger partial charge in [0.1, 0.15) is 5.00 Å². The van der Waals surface area contributed by atoms with Crippen LogP contribution in [0.25, 0.3) is 0 Å². The van der Waals surface area contributed by atoms with E-state index in [1.807, 2.05) is 6.92 Å². The molecule has 144 valence electrons. The number of esters is 1. The molecule has 0 aliphatic rings. The zero-order chi connectivity index (χ0) is 20.3. The molecule has 1 aromatic carbocycles. The van der Waals surface area contributed by atoms with Gasteiger partial charge in [0.15, 0.2) is 6.10 Å². The standard InChI is InChI=1S/C18H18Cl2N2O4S/c1-8-10(3)27-17(21-11(4)23)15(8)18(25)26-9(2)16(24)22-14-6-12(19)5-13(20)7-14/h5-7,9H,1-4H3,(H,21,23)(H,22,24)/t9-/m1/s1. The van der Waals surface area contributed by atoms with Gasteiger partial charge in [-0.1, -0.05) is 23.2 Å². The van der Waals surface area contributed by atoms with E-state index in [1.54, 1.807) is 6.92 Å². The van der Waals surface area contributed by atoms with E-state index in [9.17, 15) is 14.4 Å². The lowest BCUT2D eigenvalue weighted by atomic mass is 10.1. The summed E-state index contributed by atoms with van der Waals surface area (Å²) < 4.78 is 5.29. The Hall–Kier alpha value is -2.09. The largest absolute Gasteiger partial charge is 0.449 e. The predicted molar refractivity (Wildman–Crippen MR) is 108 cm³/mol. The Kier molecular flexibility index (Phi) is 6.86. The Morgan fingerprint density at radius 2 is 1.67 bits per heavy atom. The van der Waals surface area contributed by atoms with Gasteiger partial charge in [0, 0.05) is 27.5 Å². The number of hydrogen-bond acceptors (Lipinski definition) is 5. The molecule has 0 radical (unpaired) electrons. The number of benzene rings is 1.